The van der Waals surface area contributed by atoms with E-state index >= 15 is 0 Å². The molecule has 1 unspecified atom stereocenters. The predicted molar refractivity (Wildman–Crippen MR) is 115 cm³/mol. The van der Waals surface area contributed by atoms with Crippen molar-refractivity contribution in [3.63, 3.8) is 0 Å². The Morgan fingerprint density at radius 3 is 2.93 bits per heavy atom. The van der Waals surface area contributed by atoms with Crippen LogP contribution in [0.2, 0.25) is 6.04 Å². The molecule has 1 N–H and O–H groups in total. The maximum absolute atomic E-state index is 11.8. The molecule has 0 spiro atoms. The molecule has 1 saturated heterocycles. The second kappa shape index (κ2) is 16.0. The first kappa shape index (κ1) is 23.4. The molecule has 0 amide bonds. The molecule has 1 aliphatic heterocycles. The molecule has 0 saturated carbocycles. The number of benzene rings is 1. The zero-order chi connectivity index (χ0) is 19.7. The first-order chi connectivity index (χ1) is 13.8. The molecular formula is C20H33NO5SSi. The molecule has 2 rings (SSSR count). The Morgan fingerprint density at radius 2 is 2.04 bits per heavy atom. The summed E-state index contributed by atoms with van der Waals surface area (Å²) >= 11 is 1.31. The number of hydrogen-bond donors (Lipinski definition) is 1. The summed E-state index contributed by atoms with van der Waals surface area (Å²) < 4.78 is 22.0. The van der Waals surface area contributed by atoms with Crippen LogP contribution in [0.1, 0.15) is 32.1 Å². The van der Waals surface area contributed by atoms with E-state index in [1.54, 1.807) is 0 Å². The highest BCUT2D eigenvalue weighted by Gasteiger charge is 2.11. The molecule has 1 aliphatic rings. The summed E-state index contributed by atoms with van der Waals surface area (Å²) in [5.41, 5.74) is 0. The molecule has 0 aliphatic carbocycles. The fourth-order valence-electron chi connectivity index (χ4n) is 2.81. The first-order valence-corrected chi connectivity index (χ1v) is 12.8. The van der Waals surface area contributed by atoms with E-state index in [1.807, 2.05) is 30.3 Å². The summed E-state index contributed by atoms with van der Waals surface area (Å²) in [4.78, 5) is 15.3. The van der Waals surface area contributed by atoms with Gasteiger partial charge in [0.25, 0.3) is 0 Å². The van der Waals surface area contributed by atoms with Crippen LogP contribution in [0.15, 0.2) is 30.3 Å². The summed E-state index contributed by atoms with van der Waals surface area (Å²) in [5.74, 6) is 1.50. The second-order valence-corrected chi connectivity index (χ2v) is 9.56. The van der Waals surface area contributed by atoms with Crippen molar-refractivity contribution in [2.75, 3.05) is 39.1 Å². The van der Waals surface area contributed by atoms with Crippen molar-refractivity contribution in [1.82, 2.24) is 4.98 Å². The molecule has 28 heavy (non-hydrogen) atoms. The predicted octanol–water partition coefficient (Wildman–Crippen LogP) is 2.71. The lowest BCUT2D eigenvalue weighted by Crippen LogP contribution is -2.28. The van der Waals surface area contributed by atoms with Gasteiger partial charge in [-0.1, -0.05) is 36.4 Å². The van der Waals surface area contributed by atoms with Gasteiger partial charge in [0.05, 0.1) is 15.8 Å². The normalized spacial score (nSPS) is 18.5. The van der Waals surface area contributed by atoms with Gasteiger partial charge in [0, 0.05) is 12.4 Å². The van der Waals surface area contributed by atoms with E-state index < -0.39 is 0 Å². The van der Waals surface area contributed by atoms with Crippen molar-refractivity contribution >= 4 is 26.6 Å². The molecule has 0 aromatic heterocycles. The highest BCUT2D eigenvalue weighted by atomic mass is 32.2. The van der Waals surface area contributed by atoms with Crippen LogP contribution < -0.4 is 9.72 Å². The first-order valence-electron chi connectivity index (χ1n) is 10.2. The zero-order valence-corrected chi connectivity index (χ0v) is 18.8. The van der Waals surface area contributed by atoms with E-state index in [4.69, 9.17) is 18.9 Å². The largest absolute Gasteiger partial charge is 0.485 e. The molecular weight excluding hydrogens is 394 g/mol. The summed E-state index contributed by atoms with van der Waals surface area (Å²) in [5, 5.41) is 0.0528. The van der Waals surface area contributed by atoms with Gasteiger partial charge in [-0.25, -0.2) is 0 Å². The molecule has 1 aromatic carbocycles. The summed E-state index contributed by atoms with van der Waals surface area (Å²) in [6, 6.07) is 10.7. The van der Waals surface area contributed by atoms with E-state index in [0.29, 0.717) is 19.5 Å². The lowest BCUT2D eigenvalue weighted by atomic mass is 10.1. The third kappa shape index (κ3) is 11.8. The van der Waals surface area contributed by atoms with Gasteiger partial charge in [-0.15, -0.1) is 0 Å². The number of carbonyl (C=O) groups is 1. The lowest BCUT2D eigenvalue weighted by Gasteiger charge is -2.20. The summed E-state index contributed by atoms with van der Waals surface area (Å²) in [6.07, 6.45) is 5.62. The minimum Gasteiger partial charge on any atom is -0.485 e. The Hall–Kier alpha value is -0.903. The average molecular weight is 428 g/mol. The van der Waals surface area contributed by atoms with Crippen LogP contribution in [0.3, 0.4) is 0 Å². The van der Waals surface area contributed by atoms with Crippen molar-refractivity contribution in [2.24, 2.45) is 0 Å². The van der Waals surface area contributed by atoms with Crippen LogP contribution in [-0.2, 0) is 19.0 Å². The Balaban J connectivity index is 1.34. The van der Waals surface area contributed by atoms with Crippen LogP contribution in [-0.4, -0.2) is 60.0 Å². The number of carbonyl (C=O) groups excluding carboxylic acids is 1. The number of para-hydroxylation sites is 1. The monoisotopic (exact) mass is 427 g/mol. The van der Waals surface area contributed by atoms with Crippen LogP contribution in [0.25, 0.3) is 0 Å². The molecule has 6 nitrogen and oxygen atoms in total. The fourth-order valence-corrected chi connectivity index (χ4v) is 4.77. The maximum atomic E-state index is 11.8. The van der Waals surface area contributed by atoms with Crippen LogP contribution in [0.5, 0.6) is 5.75 Å². The molecule has 0 bridgehead atoms. The SMILES string of the molecule is O=C(COc1ccccc1)SCCCCOCOCOC1CCC[SiH2]NCC1. The number of thioether (sulfide) groups is 1. The lowest BCUT2D eigenvalue weighted by molar-refractivity contribution is -0.151. The quantitative estimate of drug-likeness (QED) is 0.295. The highest BCUT2D eigenvalue weighted by molar-refractivity contribution is 8.13. The van der Waals surface area contributed by atoms with Gasteiger partial charge in [0.2, 0.25) is 5.12 Å². The molecule has 0 radical (unpaired) electrons. The van der Waals surface area contributed by atoms with Crippen LogP contribution in [0, 0.1) is 0 Å². The molecule has 8 heteroatoms. The molecule has 158 valence electrons. The van der Waals surface area contributed by atoms with E-state index in [0.717, 1.165) is 43.7 Å². The van der Waals surface area contributed by atoms with Crippen molar-refractivity contribution in [3.8, 4) is 5.75 Å². The minimum absolute atomic E-state index is 0.0128. The molecule has 1 heterocycles. The zero-order valence-electron chi connectivity index (χ0n) is 16.6. The van der Waals surface area contributed by atoms with Gasteiger partial charge in [0.1, 0.15) is 19.3 Å². The van der Waals surface area contributed by atoms with E-state index in [-0.39, 0.29) is 28.2 Å². The van der Waals surface area contributed by atoms with Crippen molar-refractivity contribution in [3.05, 3.63) is 30.3 Å². The number of hydrogen-bond acceptors (Lipinski definition) is 7. The van der Waals surface area contributed by atoms with E-state index in [9.17, 15) is 4.79 Å². The smallest absolute Gasteiger partial charge is 0.226 e. The average Bonchev–Trinajstić information content (AvgIpc) is 2.70. The number of nitrogens with one attached hydrogen (secondary N) is 1. The highest BCUT2D eigenvalue weighted by Crippen LogP contribution is 2.12. The maximum Gasteiger partial charge on any atom is 0.226 e. The summed E-state index contributed by atoms with van der Waals surface area (Å²) in [6.45, 7) is 2.38. The topological polar surface area (TPSA) is 66.0 Å². The Labute approximate surface area is 174 Å². The van der Waals surface area contributed by atoms with Gasteiger partial charge < -0.3 is 23.9 Å². The third-order valence-corrected chi connectivity index (χ3v) is 6.87. The molecule has 1 fully saturated rings. The van der Waals surface area contributed by atoms with Crippen molar-refractivity contribution < 1.29 is 23.7 Å². The Morgan fingerprint density at radius 1 is 1.14 bits per heavy atom. The van der Waals surface area contributed by atoms with Crippen molar-refractivity contribution in [2.45, 2.75) is 44.3 Å². The number of ether oxygens (including phenoxy) is 4. The van der Waals surface area contributed by atoms with Gasteiger partial charge >= 0.3 is 0 Å². The molecule has 1 atom stereocenters. The van der Waals surface area contributed by atoms with Gasteiger partial charge in [-0.3, -0.25) is 4.79 Å². The van der Waals surface area contributed by atoms with Crippen LogP contribution in [0.4, 0.5) is 0 Å². The van der Waals surface area contributed by atoms with Gasteiger partial charge in [0.15, 0.2) is 6.61 Å². The number of unbranched alkanes of at least 4 members (excludes halogenated alkanes) is 1. The molecule has 1 aromatic rings. The van der Waals surface area contributed by atoms with E-state index in [1.165, 1.54) is 24.2 Å². The summed E-state index contributed by atoms with van der Waals surface area (Å²) in [7, 11) is -0.0128. The standard InChI is InChI=1S/C20H33NO5SSi/c22-20(15-25-18-7-2-1-3-8-18)27-13-5-4-12-23-16-24-17-26-19-9-6-14-28-21-11-10-19/h1-3,7-8,19,21H,4-6,9-17,28H2. The second-order valence-electron chi connectivity index (χ2n) is 6.70. The fraction of sp³-hybridized carbons (Fsp3) is 0.650. The van der Waals surface area contributed by atoms with Crippen LogP contribution >= 0.6 is 11.8 Å². The third-order valence-electron chi connectivity index (χ3n) is 4.37. The van der Waals surface area contributed by atoms with Gasteiger partial charge in [-0.2, -0.15) is 0 Å². The number of rotatable bonds is 13. The van der Waals surface area contributed by atoms with Crippen molar-refractivity contribution in [1.29, 1.82) is 0 Å². The minimum atomic E-state index is -0.0128. The van der Waals surface area contributed by atoms with E-state index in [2.05, 4.69) is 4.98 Å². The Bertz CT molecular complexity index is 515. The Kier molecular flexibility index (Phi) is 13.3. The van der Waals surface area contributed by atoms with Gasteiger partial charge in [-0.05, 0) is 50.4 Å².